The fraction of sp³-hybridized carbons (Fsp3) is 0.636. The number of rotatable bonds is 6. The summed E-state index contributed by atoms with van der Waals surface area (Å²) < 4.78 is 4.55. The lowest BCUT2D eigenvalue weighted by Gasteiger charge is -2.07. The first-order valence-corrected chi connectivity index (χ1v) is 6.03. The zero-order valence-electron chi connectivity index (χ0n) is 10.1. The van der Waals surface area contributed by atoms with E-state index in [1.54, 1.807) is 0 Å². The lowest BCUT2D eigenvalue weighted by Crippen LogP contribution is -2.33. The van der Waals surface area contributed by atoms with Gasteiger partial charge >= 0.3 is 5.97 Å². The Labute approximate surface area is 106 Å². The van der Waals surface area contributed by atoms with Crippen LogP contribution >= 0.6 is 11.6 Å². The molecule has 0 spiro atoms. The van der Waals surface area contributed by atoms with Gasteiger partial charge in [0.05, 0.1) is 12.8 Å². The molecule has 0 aromatic carbocycles. The lowest BCUT2D eigenvalue weighted by molar-refractivity contribution is -0.142. The highest BCUT2D eigenvalue weighted by Crippen LogP contribution is 2.15. The van der Waals surface area contributed by atoms with E-state index >= 15 is 0 Å². The smallest absolute Gasteiger partial charge is 0.323 e. The van der Waals surface area contributed by atoms with Gasteiger partial charge in [0.1, 0.15) is 17.0 Å². The Balaban J connectivity index is 2.64. The Kier molecular flexibility index (Phi) is 5.44. The van der Waals surface area contributed by atoms with E-state index in [0.717, 1.165) is 25.1 Å². The molecule has 1 unspecified atom stereocenters. The summed E-state index contributed by atoms with van der Waals surface area (Å²) >= 11 is 5.97. The van der Waals surface area contributed by atoms with Crippen molar-refractivity contribution in [1.82, 2.24) is 9.97 Å². The minimum atomic E-state index is -0.711. The maximum Gasteiger partial charge on any atom is 0.323 e. The van der Waals surface area contributed by atoms with Crippen LogP contribution in [0.2, 0.25) is 5.15 Å². The third kappa shape index (κ3) is 4.02. The van der Waals surface area contributed by atoms with Gasteiger partial charge in [-0.3, -0.25) is 4.79 Å². The Morgan fingerprint density at radius 3 is 2.94 bits per heavy atom. The van der Waals surface area contributed by atoms with Gasteiger partial charge < -0.3 is 15.5 Å². The average Bonchev–Trinajstić information content (AvgIpc) is 2.66. The lowest BCUT2D eigenvalue weighted by atomic mass is 10.2. The molecule has 1 heterocycles. The number of aryl methyl sites for hydroxylation is 1. The number of nitrogens with two attached hydrogens (primary N) is 1. The molecule has 1 rings (SSSR count). The standard InChI is InChI=1S/C11H18ClN3O2/c1-3-4-5-9-14-8(10(12)15-9)6-7(13)11(16)17-2/h7H,3-6,13H2,1-2H3,(H,14,15). The molecule has 1 aromatic rings. The molecular weight excluding hydrogens is 242 g/mol. The molecule has 0 aliphatic rings. The van der Waals surface area contributed by atoms with Crippen molar-refractivity contribution in [2.24, 2.45) is 5.73 Å². The fourth-order valence-electron chi connectivity index (χ4n) is 1.49. The molecule has 1 aromatic heterocycles. The van der Waals surface area contributed by atoms with Gasteiger partial charge in [0.2, 0.25) is 0 Å². The van der Waals surface area contributed by atoms with Crippen molar-refractivity contribution in [3.05, 3.63) is 16.7 Å². The number of methoxy groups -OCH3 is 1. The first kappa shape index (κ1) is 14.0. The Morgan fingerprint density at radius 1 is 1.65 bits per heavy atom. The van der Waals surface area contributed by atoms with Gasteiger partial charge in [-0.25, -0.2) is 4.98 Å². The summed E-state index contributed by atoms with van der Waals surface area (Å²) in [5.74, 6) is 0.384. The second kappa shape index (κ2) is 6.61. The van der Waals surface area contributed by atoms with Crippen LogP contribution in [0.15, 0.2) is 0 Å². The summed E-state index contributed by atoms with van der Waals surface area (Å²) in [6, 6.07) is -0.711. The molecule has 0 amide bonds. The van der Waals surface area contributed by atoms with Crippen molar-refractivity contribution in [2.75, 3.05) is 7.11 Å². The number of carbonyl (C=O) groups is 1. The van der Waals surface area contributed by atoms with E-state index in [1.807, 2.05) is 0 Å². The minimum Gasteiger partial charge on any atom is -0.468 e. The third-order valence-electron chi connectivity index (χ3n) is 2.47. The molecule has 0 saturated carbocycles. The summed E-state index contributed by atoms with van der Waals surface area (Å²) in [5.41, 5.74) is 6.35. The molecule has 6 heteroatoms. The first-order chi connectivity index (χ1) is 8.08. The zero-order valence-corrected chi connectivity index (χ0v) is 10.9. The molecule has 0 bridgehead atoms. The van der Waals surface area contributed by atoms with Gasteiger partial charge in [-0.1, -0.05) is 24.9 Å². The van der Waals surface area contributed by atoms with Crippen LogP contribution in [0.4, 0.5) is 0 Å². The highest BCUT2D eigenvalue weighted by atomic mass is 35.5. The number of halogens is 1. The van der Waals surface area contributed by atoms with Gasteiger partial charge in [0, 0.05) is 12.8 Å². The minimum absolute atomic E-state index is 0.310. The van der Waals surface area contributed by atoms with E-state index in [2.05, 4.69) is 21.6 Å². The molecule has 96 valence electrons. The maximum absolute atomic E-state index is 11.2. The largest absolute Gasteiger partial charge is 0.468 e. The fourth-order valence-corrected chi connectivity index (χ4v) is 1.72. The summed E-state index contributed by atoms with van der Waals surface area (Å²) in [4.78, 5) is 18.5. The van der Waals surface area contributed by atoms with Crippen molar-refractivity contribution in [1.29, 1.82) is 0 Å². The number of H-pyrrole nitrogens is 1. The van der Waals surface area contributed by atoms with Gasteiger partial charge in [0.25, 0.3) is 0 Å². The van der Waals surface area contributed by atoms with Crippen molar-refractivity contribution >= 4 is 17.6 Å². The second-order valence-electron chi connectivity index (χ2n) is 3.89. The van der Waals surface area contributed by atoms with Crippen LogP contribution in [0.1, 0.15) is 31.3 Å². The Hall–Kier alpha value is -1.07. The van der Waals surface area contributed by atoms with E-state index in [-0.39, 0.29) is 0 Å². The number of aromatic amines is 1. The summed E-state index contributed by atoms with van der Waals surface area (Å²) in [6.45, 7) is 2.11. The number of unbranched alkanes of at least 4 members (excludes halogenated alkanes) is 1. The highest BCUT2D eigenvalue weighted by Gasteiger charge is 2.18. The summed E-state index contributed by atoms with van der Waals surface area (Å²) in [7, 11) is 1.31. The zero-order chi connectivity index (χ0) is 12.8. The second-order valence-corrected chi connectivity index (χ2v) is 4.25. The number of carbonyl (C=O) groups excluding carboxylic acids is 1. The monoisotopic (exact) mass is 259 g/mol. The summed E-state index contributed by atoms with van der Waals surface area (Å²) in [6.07, 6.45) is 3.30. The quantitative estimate of drug-likeness (QED) is 0.758. The summed E-state index contributed by atoms with van der Waals surface area (Å²) in [5, 5.41) is 0.385. The number of hydrogen-bond donors (Lipinski definition) is 2. The third-order valence-corrected chi connectivity index (χ3v) is 2.79. The number of hydrogen-bond acceptors (Lipinski definition) is 4. The van der Waals surface area contributed by atoms with E-state index in [0.29, 0.717) is 17.3 Å². The van der Waals surface area contributed by atoms with Crippen LogP contribution in [-0.4, -0.2) is 29.1 Å². The normalized spacial score (nSPS) is 12.5. The molecule has 0 aliphatic carbocycles. The van der Waals surface area contributed by atoms with Gasteiger partial charge in [-0.15, -0.1) is 0 Å². The molecule has 0 fully saturated rings. The highest BCUT2D eigenvalue weighted by molar-refractivity contribution is 6.30. The number of esters is 1. The molecule has 3 N–H and O–H groups in total. The van der Waals surface area contributed by atoms with Crippen molar-refractivity contribution in [2.45, 2.75) is 38.6 Å². The van der Waals surface area contributed by atoms with Crippen LogP contribution in [0, 0.1) is 0 Å². The van der Waals surface area contributed by atoms with Crippen LogP contribution in [-0.2, 0) is 22.4 Å². The van der Waals surface area contributed by atoms with Crippen molar-refractivity contribution in [3.63, 3.8) is 0 Å². The molecule has 1 atom stereocenters. The number of ether oxygens (including phenoxy) is 1. The molecule has 5 nitrogen and oxygen atoms in total. The number of nitrogens with zero attached hydrogens (tertiary/aromatic N) is 1. The van der Waals surface area contributed by atoms with Crippen LogP contribution in [0.25, 0.3) is 0 Å². The topological polar surface area (TPSA) is 81.0 Å². The Bertz CT molecular complexity index is 379. The van der Waals surface area contributed by atoms with Crippen molar-refractivity contribution < 1.29 is 9.53 Å². The first-order valence-electron chi connectivity index (χ1n) is 5.65. The molecule has 17 heavy (non-hydrogen) atoms. The van der Waals surface area contributed by atoms with E-state index in [4.69, 9.17) is 17.3 Å². The molecule has 0 aliphatic heterocycles. The molecular formula is C11H18ClN3O2. The average molecular weight is 260 g/mol. The van der Waals surface area contributed by atoms with Gasteiger partial charge in [-0.2, -0.15) is 0 Å². The van der Waals surface area contributed by atoms with E-state index < -0.39 is 12.0 Å². The number of aromatic nitrogens is 2. The van der Waals surface area contributed by atoms with Crippen LogP contribution < -0.4 is 5.73 Å². The predicted octanol–water partition coefficient (Wildman–Crippen LogP) is 1.45. The SMILES string of the molecule is CCCCc1nc(Cl)c(CC(N)C(=O)OC)[nH]1. The molecule has 0 saturated heterocycles. The van der Waals surface area contributed by atoms with E-state index in [9.17, 15) is 4.79 Å². The Morgan fingerprint density at radius 2 is 2.35 bits per heavy atom. The van der Waals surface area contributed by atoms with Crippen LogP contribution in [0.5, 0.6) is 0 Å². The van der Waals surface area contributed by atoms with E-state index in [1.165, 1.54) is 7.11 Å². The van der Waals surface area contributed by atoms with Crippen LogP contribution in [0.3, 0.4) is 0 Å². The van der Waals surface area contributed by atoms with Gasteiger partial charge in [0.15, 0.2) is 0 Å². The number of nitrogens with one attached hydrogen (secondary N) is 1. The predicted molar refractivity (Wildman–Crippen MR) is 65.9 cm³/mol. The maximum atomic E-state index is 11.2. The van der Waals surface area contributed by atoms with Gasteiger partial charge in [-0.05, 0) is 6.42 Å². The number of imidazole rings is 1. The van der Waals surface area contributed by atoms with Crippen molar-refractivity contribution in [3.8, 4) is 0 Å². The molecule has 0 radical (unpaired) electrons.